The van der Waals surface area contributed by atoms with Crippen LogP contribution in [-0.2, 0) is 0 Å². The van der Waals surface area contributed by atoms with Crippen molar-refractivity contribution in [3.8, 4) is 78.4 Å². The van der Waals surface area contributed by atoms with E-state index in [9.17, 15) is 0 Å². The zero-order valence-corrected chi connectivity index (χ0v) is 34.0. The summed E-state index contributed by atoms with van der Waals surface area (Å²) in [4.78, 5) is 11.1. The van der Waals surface area contributed by atoms with Crippen LogP contribution in [0.15, 0.2) is 206 Å². The predicted molar refractivity (Wildman–Crippen MR) is 252 cm³/mol. The first-order chi connectivity index (χ1) is 29.0. The molecule has 1 aromatic heterocycles. The molecule has 1 aliphatic rings. The van der Waals surface area contributed by atoms with Gasteiger partial charge in [-0.1, -0.05) is 189 Å². The second kappa shape index (κ2) is 14.0. The summed E-state index contributed by atoms with van der Waals surface area (Å²) in [5.74, 6) is 0.749. The summed E-state index contributed by atoms with van der Waals surface area (Å²) in [6.07, 6.45) is 0. The van der Waals surface area contributed by atoms with Crippen LogP contribution in [0.5, 0.6) is 0 Å². The van der Waals surface area contributed by atoms with E-state index in [4.69, 9.17) is 9.97 Å². The van der Waals surface area contributed by atoms with E-state index in [1.54, 1.807) is 0 Å². The third kappa shape index (κ3) is 5.93. The Kier molecular flexibility index (Phi) is 8.31. The number of hydrogen-bond acceptors (Lipinski definition) is 2. The van der Waals surface area contributed by atoms with Crippen LogP contribution in [0, 0.1) is 0 Å². The lowest BCUT2D eigenvalue weighted by atomic mass is 9.92. The van der Waals surface area contributed by atoms with Gasteiger partial charge in [0.1, 0.15) is 8.07 Å². The second-order valence-electron chi connectivity index (χ2n) is 16.1. The molecule has 2 heterocycles. The Morgan fingerprint density at radius 3 is 1.24 bits per heavy atom. The Balaban J connectivity index is 1.07. The van der Waals surface area contributed by atoms with Crippen molar-refractivity contribution in [3.63, 3.8) is 0 Å². The van der Waals surface area contributed by atoms with Gasteiger partial charge in [0, 0.05) is 16.7 Å². The number of nitrogens with zero attached hydrogens (tertiary/aromatic N) is 2. The van der Waals surface area contributed by atoms with Gasteiger partial charge in [-0.2, -0.15) is 0 Å². The molecule has 0 spiro atoms. The highest BCUT2D eigenvalue weighted by atomic mass is 28.3. The summed E-state index contributed by atoms with van der Waals surface area (Å²) in [5, 5.41) is 7.96. The van der Waals surface area contributed by atoms with Crippen molar-refractivity contribution in [3.05, 3.63) is 206 Å². The fourth-order valence-corrected chi connectivity index (χ4v) is 13.0. The zero-order chi connectivity index (χ0) is 39.5. The van der Waals surface area contributed by atoms with Crippen LogP contribution in [-0.4, -0.2) is 18.0 Å². The molecular weight excluding hydrogens is 729 g/mol. The Hall–Kier alpha value is -7.20. The van der Waals surface area contributed by atoms with Crippen LogP contribution in [0.4, 0.5) is 0 Å². The molecule has 1 aliphatic heterocycles. The van der Waals surface area contributed by atoms with E-state index >= 15 is 0 Å². The van der Waals surface area contributed by atoms with Crippen molar-refractivity contribution < 1.29 is 0 Å². The van der Waals surface area contributed by atoms with Crippen LogP contribution in [0.2, 0.25) is 13.1 Å². The van der Waals surface area contributed by atoms with Crippen molar-refractivity contribution in [1.82, 2.24) is 9.97 Å². The fraction of sp³-hybridized carbons (Fsp3) is 0.0357. The highest BCUT2D eigenvalue weighted by molar-refractivity contribution is 7.06. The van der Waals surface area contributed by atoms with E-state index in [1.807, 2.05) is 0 Å². The average Bonchev–Trinajstić information content (AvgIpc) is 3.56. The molecule has 0 atom stereocenters. The van der Waals surface area contributed by atoms with Crippen molar-refractivity contribution in [1.29, 1.82) is 0 Å². The summed E-state index contributed by atoms with van der Waals surface area (Å²) < 4.78 is 0. The molecule has 0 saturated carbocycles. The summed E-state index contributed by atoms with van der Waals surface area (Å²) in [5.41, 5.74) is 15.0. The molecule has 0 fully saturated rings. The number of rotatable bonds is 6. The molecule has 0 N–H and O–H groups in total. The van der Waals surface area contributed by atoms with Gasteiger partial charge in [0.15, 0.2) is 5.82 Å². The molecule has 0 amide bonds. The first kappa shape index (κ1) is 35.0. The topological polar surface area (TPSA) is 25.8 Å². The maximum absolute atomic E-state index is 5.60. The third-order valence-electron chi connectivity index (χ3n) is 12.2. The van der Waals surface area contributed by atoms with Crippen molar-refractivity contribution in [2.75, 3.05) is 0 Å². The first-order valence-corrected chi connectivity index (χ1v) is 23.4. The minimum Gasteiger partial charge on any atom is -0.228 e. The molecule has 3 heteroatoms. The van der Waals surface area contributed by atoms with Crippen LogP contribution in [0.3, 0.4) is 0 Å². The maximum atomic E-state index is 5.60. The summed E-state index contributed by atoms with van der Waals surface area (Å²) >= 11 is 0. The molecule has 0 bridgehead atoms. The highest BCUT2D eigenvalue weighted by Crippen LogP contribution is 2.42. The van der Waals surface area contributed by atoms with Gasteiger partial charge in [0.25, 0.3) is 0 Å². The fourth-order valence-electron chi connectivity index (χ4n) is 9.43. The largest absolute Gasteiger partial charge is 0.228 e. The minimum absolute atomic E-state index is 0.749. The maximum Gasteiger partial charge on any atom is 0.160 e. The SMILES string of the molecule is C[Si]1(C)c2c(-c3ccccc3)nc(-c3cccc(-c4cccc(-c5cc(-c6ccccc6)cc(-c6ccccc6)c5)c4)c3)nc2-c2c1c1ccccc1c1ccccc21. The lowest BCUT2D eigenvalue weighted by Gasteiger charge is -2.23. The molecule has 278 valence electrons. The van der Waals surface area contributed by atoms with Crippen LogP contribution in [0.1, 0.15) is 0 Å². The van der Waals surface area contributed by atoms with E-state index in [1.165, 1.54) is 70.9 Å². The van der Waals surface area contributed by atoms with Crippen molar-refractivity contribution in [2.24, 2.45) is 0 Å². The molecule has 11 rings (SSSR count). The number of fused-ring (bicyclic) bond motifs is 8. The van der Waals surface area contributed by atoms with Gasteiger partial charge in [0.05, 0.1) is 11.4 Å². The summed E-state index contributed by atoms with van der Waals surface area (Å²) in [6.45, 7) is 4.97. The standard InChI is InChI=1S/C56H40N2Si/c1-59(2)54-50-31-15-13-29-48(50)47-28-12-14-30-49(47)51(54)53-55(59)52(39-22-10-5-11-23-39)57-56(58-53)43-27-17-25-41(33-43)40-24-16-26-42(32-40)46-35-44(37-18-6-3-7-19-37)34-45(36-46)38-20-8-4-9-21-38/h3-36H,1-2H3. The van der Waals surface area contributed by atoms with Gasteiger partial charge in [-0.15, -0.1) is 0 Å². The Bertz CT molecular complexity index is 3170. The van der Waals surface area contributed by atoms with E-state index in [-0.39, 0.29) is 0 Å². The van der Waals surface area contributed by atoms with Gasteiger partial charge in [-0.25, -0.2) is 9.97 Å². The quantitative estimate of drug-likeness (QED) is 0.124. The summed E-state index contributed by atoms with van der Waals surface area (Å²) in [6, 6.07) is 74.5. The van der Waals surface area contributed by atoms with Gasteiger partial charge in [-0.3, -0.25) is 0 Å². The van der Waals surface area contributed by atoms with Gasteiger partial charge in [-0.05, 0) is 107 Å². The normalized spacial score (nSPS) is 12.7. The van der Waals surface area contributed by atoms with Crippen molar-refractivity contribution >= 4 is 40.0 Å². The van der Waals surface area contributed by atoms with E-state index in [0.717, 1.165) is 39.5 Å². The lowest BCUT2D eigenvalue weighted by Crippen LogP contribution is -2.50. The lowest BCUT2D eigenvalue weighted by molar-refractivity contribution is 1.20. The Morgan fingerprint density at radius 2 is 0.661 bits per heavy atom. The monoisotopic (exact) mass is 768 g/mol. The molecule has 0 saturated heterocycles. The average molecular weight is 769 g/mol. The molecule has 2 nitrogen and oxygen atoms in total. The Labute approximate surface area is 346 Å². The van der Waals surface area contributed by atoms with Crippen LogP contribution >= 0.6 is 0 Å². The number of aromatic nitrogens is 2. The van der Waals surface area contributed by atoms with E-state index in [2.05, 4.69) is 219 Å². The smallest absolute Gasteiger partial charge is 0.160 e. The molecule has 0 aliphatic carbocycles. The molecule has 10 aromatic rings. The summed E-state index contributed by atoms with van der Waals surface area (Å²) in [7, 11) is -2.29. The molecule has 9 aromatic carbocycles. The molecule has 0 radical (unpaired) electrons. The molecule has 59 heavy (non-hydrogen) atoms. The zero-order valence-electron chi connectivity index (χ0n) is 33.0. The van der Waals surface area contributed by atoms with E-state index in [0.29, 0.717) is 0 Å². The van der Waals surface area contributed by atoms with Crippen LogP contribution < -0.4 is 10.4 Å². The third-order valence-corrected chi connectivity index (χ3v) is 15.7. The second-order valence-corrected chi connectivity index (χ2v) is 20.4. The predicted octanol–water partition coefficient (Wildman–Crippen LogP) is 13.6. The molecular formula is C56H40N2Si. The Morgan fingerprint density at radius 1 is 0.288 bits per heavy atom. The van der Waals surface area contributed by atoms with Crippen LogP contribution in [0.25, 0.3) is 100.0 Å². The van der Waals surface area contributed by atoms with Gasteiger partial charge >= 0.3 is 0 Å². The van der Waals surface area contributed by atoms with Gasteiger partial charge in [0.2, 0.25) is 0 Å². The van der Waals surface area contributed by atoms with Crippen molar-refractivity contribution in [2.45, 2.75) is 13.1 Å². The van der Waals surface area contributed by atoms with E-state index < -0.39 is 8.07 Å². The highest BCUT2D eigenvalue weighted by Gasteiger charge is 2.44. The minimum atomic E-state index is -2.29. The molecule has 0 unspecified atom stereocenters. The first-order valence-electron chi connectivity index (χ1n) is 20.4. The number of hydrogen-bond donors (Lipinski definition) is 0. The number of benzene rings is 9. The van der Waals surface area contributed by atoms with Gasteiger partial charge < -0.3 is 0 Å².